The van der Waals surface area contributed by atoms with Gasteiger partial charge in [-0.15, -0.1) is 0 Å². The molecule has 0 saturated heterocycles. The van der Waals surface area contributed by atoms with Crippen molar-refractivity contribution < 1.29 is 9.53 Å². The minimum atomic E-state index is -0.404. The van der Waals surface area contributed by atoms with E-state index in [2.05, 4.69) is 50.1 Å². The summed E-state index contributed by atoms with van der Waals surface area (Å²) in [6.07, 6.45) is 12.4. The molecule has 1 aliphatic rings. The van der Waals surface area contributed by atoms with Gasteiger partial charge in [0.1, 0.15) is 5.75 Å². The van der Waals surface area contributed by atoms with Crippen molar-refractivity contribution >= 4 is 12.0 Å². The molecule has 1 unspecified atom stereocenters. The Bertz CT molecular complexity index is 1020. The molecule has 2 aromatic rings. The van der Waals surface area contributed by atoms with E-state index >= 15 is 0 Å². The third-order valence-electron chi connectivity index (χ3n) is 5.48. The SMILES string of the molecule is COc1cc(/C=C/C(=O)NC(C)(C)C2=CC=C(C)CC2C)ccc1-n1cnc(C)c1. The number of hydrogen-bond acceptors (Lipinski definition) is 3. The maximum Gasteiger partial charge on any atom is 0.244 e. The first kappa shape index (κ1) is 21.6. The zero-order valence-corrected chi connectivity index (χ0v) is 18.7. The van der Waals surface area contributed by atoms with E-state index in [1.807, 2.05) is 35.9 Å². The van der Waals surface area contributed by atoms with Crippen molar-refractivity contribution in [2.45, 2.75) is 46.6 Å². The minimum absolute atomic E-state index is 0.118. The summed E-state index contributed by atoms with van der Waals surface area (Å²) in [5.41, 5.74) is 4.95. The third kappa shape index (κ3) is 4.90. The maximum atomic E-state index is 12.6. The Morgan fingerprint density at radius 2 is 2.07 bits per heavy atom. The van der Waals surface area contributed by atoms with Crippen molar-refractivity contribution in [1.82, 2.24) is 14.9 Å². The second-order valence-electron chi connectivity index (χ2n) is 8.54. The Hall–Kier alpha value is -3.08. The van der Waals surface area contributed by atoms with Gasteiger partial charge in [-0.1, -0.05) is 30.7 Å². The van der Waals surface area contributed by atoms with E-state index in [9.17, 15) is 4.79 Å². The number of amides is 1. The molecule has 1 aromatic carbocycles. The van der Waals surface area contributed by atoms with Gasteiger partial charge < -0.3 is 14.6 Å². The number of rotatable bonds is 6. The molecule has 1 amide bonds. The van der Waals surface area contributed by atoms with Gasteiger partial charge in [0, 0.05) is 12.3 Å². The molecule has 1 aromatic heterocycles. The molecule has 158 valence electrons. The molecule has 0 saturated carbocycles. The fourth-order valence-corrected chi connectivity index (χ4v) is 4.04. The number of nitrogens with zero attached hydrogens (tertiary/aromatic N) is 2. The van der Waals surface area contributed by atoms with Crippen LogP contribution in [0, 0.1) is 12.8 Å². The van der Waals surface area contributed by atoms with E-state index in [1.54, 1.807) is 25.6 Å². The van der Waals surface area contributed by atoms with Crippen LogP contribution in [0.15, 0.2) is 60.1 Å². The lowest BCUT2D eigenvalue weighted by molar-refractivity contribution is -0.117. The molecule has 5 nitrogen and oxygen atoms in total. The maximum absolute atomic E-state index is 12.6. The highest BCUT2D eigenvalue weighted by molar-refractivity contribution is 5.92. The van der Waals surface area contributed by atoms with E-state index in [4.69, 9.17) is 4.74 Å². The number of benzene rings is 1. The lowest BCUT2D eigenvalue weighted by Crippen LogP contribution is -2.46. The van der Waals surface area contributed by atoms with Crippen LogP contribution in [-0.2, 0) is 4.79 Å². The summed E-state index contributed by atoms with van der Waals surface area (Å²) in [6, 6.07) is 5.84. The van der Waals surface area contributed by atoms with Crippen molar-refractivity contribution in [1.29, 1.82) is 0 Å². The van der Waals surface area contributed by atoms with Crippen LogP contribution in [0.4, 0.5) is 0 Å². The molecule has 0 fully saturated rings. The Labute approximate surface area is 179 Å². The number of ether oxygens (including phenoxy) is 1. The molecule has 1 heterocycles. The molecule has 0 spiro atoms. The van der Waals surface area contributed by atoms with Gasteiger partial charge in [-0.25, -0.2) is 4.98 Å². The molecule has 0 aliphatic heterocycles. The molecule has 0 radical (unpaired) electrons. The van der Waals surface area contributed by atoms with Crippen LogP contribution in [0.1, 0.15) is 45.4 Å². The van der Waals surface area contributed by atoms with Gasteiger partial charge in [-0.05, 0) is 69.4 Å². The van der Waals surface area contributed by atoms with Crippen molar-refractivity contribution in [3.63, 3.8) is 0 Å². The number of aryl methyl sites for hydroxylation is 1. The van der Waals surface area contributed by atoms with E-state index in [-0.39, 0.29) is 5.91 Å². The topological polar surface area (TPSA) is 56.1 Å². The van der Waals surface area contributed by atoms with Crippen LogP contribution in [-0.4, -0.2) is 28.1 Å². The highest BCUT2D eigenvalue weighted by Crippen LogP contribution is 2.32. The molecule has 1 N–H and O–H groups in total. The zero-order chi connectivity index (χ0) is 21.9. The number of carbonyl (C=O) groups is 1. The van der Waals surface area contributed by atoms with Gasteiger partial charge in [-0.3, -0.25) is 4.79 Å². The first-order chi connectivity index (χ1) is 14.2. The monoisotopic (exact) mass is 405 g/mol. The molecule has 5 heteroatoms. The van der Waals surface area contributed by atoms with Gasteiger partial charge in [0.05, 0.1) is 30.4 Å². The van der Waals surface area contributed by atoms with Crippen molar-refractivity contribution in [3.05, 3.63) is 71.4 Å². The fraction of sp³-hybridized carbons (Fsp3) is 0.360. The minimum Gasteiger partial charge on any atom is -0.495 e. The fourth-order valence-electron chi connectivity index (χ4n) is 4.04. The largest absolute Gasteiger partial charge is 0.495 e. The van der Waals surface area contributed by atoms with Crippen LogP contribution < -0.4 is 10.1 Å². The molecular formula is C25H31N3O2. The normalized spacial score (nSPS) is 16.9. The van der Waals surface area contributed by atoms with E-state index in [0.29, 0.717) is 5.92 Å². The Morgan fingerprint density at radius 1 is 1.30 bits per heavy atom. The first-order valence-corrected chi connectivity index (χ1v) is 10.3. The number of hydrogen-bond donors (Lipinski definition) is 1. The molecule has 1 atom stereocenters. The van der Waals surface area contributed by atoms with Crippen molar-refractivity contribution in [2.24, 2.45) is 5.92 Å². The zero-order valence-electron chi connectivity index (χ0n) is 18.7. The van der Waals surface area contributed by atoms with Gasteiger partial charge in [-0.2, -0.15) is 0 Å². The number of methoxy groups -OCH3 is 1. The predicted octanol–water partition coefficient (Wildman–Crippen LogP) is 5.01. The molecule has 0 bridgehead atoms. The molecule has 30 heavy (non-hydrogen) atoms. The average Bonchev–Trinajstić information content (AvgIpc) is 3.11. The van der Waals surface area contributed by atoms with Crippen LogP contribution in [0.25, 0.3) is 11.8 Å². The number of aromatic nitrogens is 2. The summed E-state index contributed by atoms with van der Waals surface area (Å²) in [5, 5.41) is 3.14. The van der Waals surface area contributed by atoms with Crippen LogP contribution in [0.3, 0.4) is 0 Å². The summed E-state index contributed by atoms with van der Waals surface area (Å²) in [4.78, 5) is 16.9. The second kappa shape index (κ2) is 8.74. The summed E-state index contributed by atoms with van der Waals surface area (Å²) >= 11 is 0. The number of allylic oxidation sites excluding steroid dienone is 3. The van der Waals surface area contributed by atoms with Crippen molar-refractivity contribution in [3.8, 4) is 11.4 Å². The predicted molar refractivity (Wildman–Crippen MR) is 122 cm³/mol. The first-order valence-electron chi connectivity index (χ1n) is 10.3. The third-order valence-corrected chi connectivity index (χ3v) is 5.48. The lowest BCUT2D eigenvalue weighted by atomic mass is 9.79. The van der Waals surface area contributed by atoms with Crippen LogP contribution in [0.2, 0.25) is 0 Å². The van der Waals surface area contributed by atoms with Gasteiger partial charge in [0.15, 0.2) is 0 Å². The Morgan fingerprint density at radius 3 is 2.70 bits per heavy atom. The van der Waals surface area contributed by atoms with Crippen LogP contribution in [0.5, 0.6) is 5.75 Å². The molecule has 3 rings (SSSR count). The summed E-state index contributed by atoms with van der Waals surface area (Å²) in [6.45, 7) is 10.4. The smallest absolute Gasteiger partial charge is 0.244 e. The Kier molecular flexibility index (Phi) is 6.30. The quantitative estimate of drug-likeness (QED) is 0.687. The van der Waals surface area contributed by atoms with Crippen molar-refractivity contribution in [2.75, 3.05) is 7.11 Å². The highest BCUT2D eigenvalue weighted by Gasteiger charge is 2.29. The Balaban J connectivity index is 1.73. The lowest BCUT2D eigenvalue weighted by Gasteiger charge is -2.34. The van der Waals surface area contributed by atoms with Gasteiger partial charge in [0.2, 0.25) is 5.91 Å². The van der Waals surface area contributed by atoms with Gasteiger partial charge in [0.25, 0.3) is 0 Å². The molecular weight excluding hydrogens is 374 g/mol. The second-order valence-corrected chi connectivity index (χ2v) is 8.54. The number of carbonyl (C=O) groups excluding carboxylic acids is 1. The van der Waals surface area contributed by atoms with E-state index in [1.165, 1.54) is 11.1 Å². The molecule has 1 aliphatic carbocycles. The summed E-state index contributed by atoms with van der Waals surface area (Å²) in [5.74, 6) is 1.02. The summed E-state index contributed by atoms with van der Waals surface area (Å²) < 4.78 is 7.46. The van der Waals surface area contributed by atoms with Gasteiger partial charge >= 0.3 is 0 Å². The average molecular weight is 406 g/mol. The van der Waals surface area contributed by atoms with E-state index < -0.39 is 5.54 Å². The van der Waals surface area contributed by atoms with Crippen LogP contribution >= 0.6 is 0 Å². The number of nitrogens with one attached hydrogen (secondary N) is 1. The van der Waals surface area contributed by atoms with E-state index in [0.717, 1.165) is 29.1 Å². The highest BCUT2D eigenvalue weighted by atomic mass is 16.5. The summed E-state index contributed by atoms with van der Waals surface area (Å²) in [7, 11) is 1.64. The number of imidazole rings is 1. The standard InChI is InChI=1S/C25H31N3O2/c1-17-7-10-21(18(2)13-17)25(4,5)27-24(29)12-9-20-8-11-22(23(14-20)30-6)28-15-19(3)26-16-28/h7-12,14-16,18H,13H2,1-6H3,(H,27,29)/b12-9+.